The second-order valence-corrected chi connectivity index (χ2v) is 2.67. The minimum Gasteiger partial charge on any atom is -0.505 e. The molecule has 0 saturated heterocycles. The molecule has 0 bridgehead atoms. The number of hydrogen-bond donors (Lipinski definition) is 1. The lowest BCUT2D eigenvalue weighted by Crippen LogP contribution is -1.94. The molecule has 58 valence electrons. The number of allylic oxidation sites excluding steroid dienone is 2. The monoisotopic (exact) mass is 161 g/mol. The van der Waals surface area contributed by atoms with Crippen molar-refractivity contribution >= 4 is 16.8 Å². The molecule has 2 nitrogen and oxygen atoms in total. The molecule has 0 spiro atoms. The Labute approximate surface area is 66.2 Å². The Morgan fingerprint density at radius 1 is 1.60 bits per heavy atom. The van der Waals surface area contributed by atoms with Gasteiger partial charge in [-0.3, -0.25) is 4.99 Å². The number of aliphatic hydroxyl groups excluding tert-OH is 1. The number of rotatable bonds is 2. The summed E-state index contributed by atoms with van der Waals surface area (Å²) in [7, 11) is 1.53. The average molecular weight is 162 g/mol. The maximum Gasteiger partial charge on any atom is 0.165 e. The van der Waals surface area contributed by atoms with Gasteiger partial charge in [-0.25, -0.2) is 0 Å². The van der Waals surface area contributed by atoms with Crippen LogP contribution in [0.25, 0.3) is 0 Å². The van der Waals surface area contributed by atoms with Crippen molar-refractivity contribution in [3.63, 3.8) is 0 Å². The van der Waals surface area contributed by atoms with E-state index >= 15 is 0 Å². The topological polar surface area (TPSA) is 32.6 Å². The molecule has 10 heavy (non-hydrogen) atoms. The molecule has 0 unspecified atom stereocenters. The van der Waals surface area contributed by atoms with Crippen LogP contribution >= 0.6 is 11.6 Å². The predicted molar refractivity (Wildman–Crippen MR) is 44.8 cm³/mol. The first-order chi connectivity index (χ1) is 4.57. The molecule has 0 heterocycles. The van der Waals surface area contributed by atoms with E-state index in [9.17, 15) is 0 Å². The largest absolute Gasteiger partial charge is 0.505 e. The standard InChI is InChI=1S/C7H12ClNO/c1-5(2)4-6(10)7(8)9-3/h4-5,10H,1-3H3/b6-4-,9-7+. The molecular weight excluding hydrogens is 150 g/mol. The lowest BCUT2D eigenvalue weighted by Gasteiger charge is -1.97. The van der Waals surface area contributed by atoms with Crippen molar-refractivity contribution in [2.75, 3.05) is 7.05 Å². The van der Waals surface area contributed by atoms with Gasteiger partial charge in [0.2, 0.25) is 0 Å². The van der Waals surface area contributed by atoms with Crippen LogP contribution in [0.5, 0.6) is 0 Å². The summed E-state index contributed by atoms with van der Waals surface area (Å²) in [4.78, 5) is 3.61. The fraction of sp³-hybridized carbons (Fsp3) is 0.571. The number of aliphatic hydroxyl groups is 1. The minimum atomic E-state index is 0.0548. The van der Waals surface area contributed by atoms with Crippen LogP contribution in [0.15, 0.2) is 16.8 Å². The zero-order valence-electron chi connectivity index (χ0n) is 6.43. The van der Waals surface area contributed by atoms with Crippen molar-refractivity contribution in [3.8, 4) is 0 Å². The number of aliphatic imine (C=N–C) groups is 1. The molecule has 3 heteroatoms. The molecule has 0 aromatic carbocycles. The molecule has 1 N–H and O–H groups in total. The van der Waals surface area contributed by atoms with Crippen molar-refractivity contribution in [2.24, 2.45) is 10.9 Å². The van der Waals surface area contributed by atoms with Gasteiger partial charge in [0.1, 0.15) is 5.76 Å². The normalized spacial score (nSPS) is 14.5. The maximum absolute atomic E-state index is 9.09. The number of nitrogens with zero attached hydrogens (tertiary/aromatic N) is 1. The third-order valence-corrected chi connectivity index (χ3v) is 1.26. The van der Waals surface area contributed by atoms with Crippen LogP contribution in [0.3, 0.4) is 0 Å². The van der Waals surface area contributed by atoms with E-state index in [4.69, 9.17) is 16.7 Å². The first kappa shape index (κ1) is 9.50. The van der Waals surface area contributed by atoms with Gasteiger partial charge in [0, 0.05) is 7.05 Å². The second kappa shape index (κ2) is 4.34. The van der Waals surface area contributed by atoms with Gasteiger partial charge in [-0.05, 0) is 12.0 Å². The van der Waals surface area contributed by atoms with E-state index in [2.05, 4.69) is 4.99 Å². The van der Waals surface area contributed by atoms with E-state index in [0.717, 1.165) is 0 Å². The molecule has 0 aliphatic rings. The lowest BCUT2D eigenvalue weighted by atomic mass is 10.2. The highest BCUT2D eigenvalue weighted by atomic mass is 35.5. The number of halogens is 1. The van der Waals surface area contributed by atoms with Gasteiger partial charge in [-0.2, -0.15) is 0 Å². The summed E-state index contributed by atoms with van der Waals surface area (Å²) < 4.78 is 0. The van der Waals surface area contributed by atoms with E-state index in [-0.39, 0.29) is 16.8 Å². The third-order valence-electron chi connectivity index (χ3n) is 0.899. The summed E-state index contributed by atoms with van der Waals surface area (Å²) in [6, 6.07) is 0. The van der Waals surface area contributed by atoms with Gasteiger partial charge < -0.3 is 5.11 Å². The van der Waals surface area contributed by atoms with Gasteiger partial charge >= 0.3 is 0 Å². The Kier molecular flexibility index (Phi) is 4.12. The summed E-state index contributed by atoms with van der Waals surface area (Å²) in [6.45, 7) is 3.91. The van der Waals surface area contributed by atoms with E-state index in [1.807, 2.05) is 13.8 Å². The molecule has 0 radical (unpaired) electrons. The van der Waals surface area contributed by atoms with Gasteiger partial charge in [0.05, 0.1) is 0 Å². The van der Waals surface area contributed by atoms with E-state index in [1.165, 1.54) is 7.05 Å². The molecule has 0 fully saturated rings. The molecule has 0 amide bonds. The van der Waals surface area contributed by atoms with Gasteiger partial charge in [0.25, 0.3) is 0 Å². The Hall–Kier alpha value is -0.500. The van der Waals surface area contributed by atoms with Crippen LogP contribution in [0.4, 0.5) is 0 Å². The fourth-order valence-electron chi connectivity index (χ4n) is 0.499. The Morgan fingerprint density at radius 3 is 2.40 bits per heavy atom. The first-order valence-corrected chi connectivity index (χ1v) is 3.49. The quantitative estimate of drug-likeness (QED) is 0.490. The summed E-state index contributed by atoms with van der Waals surface area (Å²) in [5, 5.41) is 9.25. The van der Waals surface area contributed by atoms with Crippen molar-refractivity contribution in [1.82, 2.24) is 0 Å². The van der Waals surface area contributed by atoms with Crippen LogP contribution in [-0.4, -0.2) is 17.3 Å². The van der Waals surface area contributed by atoms with Crippen molar-refractivity contribution < 1.29 is 5.11 Å². The van der Waals surface area contributed by atoms with E-state index in [0.29, 0.717) is 0 Å². The summed E-state index contributed by atoms with van der Waals surface area (Å²) in [6.07, 6.45) is 1.65. The van der Waals surface area contributed by atoms with Crippen LogP contribution in [0.2, 0.25) is 0 Å². The van der Waals surface area contributed by atoms with Gasteiger partial charge in [-0.1, -0.05) is 25.4 Å². The lowest BCUT2D eigenvalue weighted by molar-refractivity contribution is 0.438. The highest BCUT2D eigenvalue weighted by Crippen LogP contribution is 2.03. The molecule has 0 aromatic heterocycles. The Morgan fingerprint density at radius 2 is 2.10 bits per heavy atom. The van der Waals surface area contributed by atoms with E-state index in [1.54, 1.807) is 6.08 Å². The van der Waals surface area contributed by atoms with E-state index < -0.39 is 0 Å². The molecular formula is C7H12ClNO. The summed E-state index contributed by atoms with van der Waals surface area (Å²) in [5.41, 5.74) is 0. The molecule has 0 rings (SSSR count). The van der Waals surface area contributed by atoms with Crippen molar-refractivity contribution in [1.29, 1.82) is 0 Å². The smallest absolute Gasteiger partial charge is 0.165 e. The average Bonchev–Trinajstić information content (AvgIpc) is 1.85. The maximum atomic E-state index is 9.09. The molecule has 0 atom stereocenters. The highest BCUT2D eigenvalue weighted by Gasteiger charge is 1.99. The zero-order valence-corrected chi connectivity index (χ0v) is 7.18. The fourth-order valence-corrected chi connectivity index (χ4v) is 0.562. The van der Waals surface area contributed by atoms with Crippen LogP contribution < -0.4 is 0 Å². The molecule has 0 aromatic rings. The SMILES string of the molecule is C/N=C(Cl)\C(O)=C\C(C)C. The minimum absolute atomic E-state index is 0.0548. The van der Waals surface area contributed by atoms with Gasteiger partial charge in [0.15, 0.2) is 5.17 Å². The Bertz CT molecular complexity index is 161. The van der Waals surface area contributed by atoms with Crippen LogP contribution in [-0.2, 0) is 0 Å². The number of hydrogen-bond acceptors (Lipinski definition) is 2. The van der Waals surface area contributed by atoms with Crippen molar-refractivity contribution in [2.45, 2.75) is 13.8 Å². The molecule has 0 aliphatic heterocycles. The van der Waals surface area contributed by atoms with Crippen LogP contribution in [0, 0.1) is 5.92 Å². The van der Waals surface area contributed by atoms with Crippen LogP contribution in [0.1, 0.15) is 13.8 Å². The summed E-state index contributed by atoms with van der Waals surface area (Å²) >= 11 is 5.49. The molecule has 0 saturated carbocycles. The first-order valence-electron chi connectivity index (χ1n) is 3.11. The van der Waals surface area contributed by atoms with Gasteiger partial charge in [-0.15, -0.1) is 0 Å². The third kappa shape index (κ3) is 3.51. The predicted octanol–water partition coefficient (Wildman–Crippen LogP) is 2.35. The Balaban J connectivity index is 4.20. The summed E-state index contributed by atoms with van der Waals surface area (Å²) in [5.74, 6) is 0.342. The highest BCUT2D eigenvalue weighted by molar-refractivity contribution is 6.69. The second-order valence-electron chi connectivity index (χ2n) is 2.31. The zero-order chi connectivity index (χ0) is 8.15. The van der Waals surface area contributed by atoms with Crippen molar-refractivity contribution in [3.05, 3.63) is 11.8 Å². The molecule has 0 aliphatic carbocycles.